The first-order valence-corrected chi connectivity index (χ1v) is 28.8. The molecule has 67 heavy (non-hydrogen) atoms. The van der Waals surface area contributed by atoms with E-state index < -0.39 is 6.10 Å². The van der Waals surface area contributed by atoms with Gasteiger partial charge in [-0.3, -0.25) is 14.4 Å². The highest BCUT2D eigenvalue weighted by Gasteiger charge is 2.19. The molecule has 0 saturated carbocycles. The van der Waals surface area contributed by atoms with Crippen LogP contribution >= 0.6 is 0 Å². The molecule has 0 aromatic heterocycles. The van der Waals surface area contributed by atoms with E-state index in [1.54, 1.807) is 0 Å². The van der Waals surface area contributed by atoms with Crippen LogP contribution in [0.15, 0.2) is 60.8 Å². The molecule has 0 saturated heterocycles. The van der Waals surface area contributed by atoms with Gasteiger partial charge in [-0.05, 0) is 83.5 Å². The zero-order valence-corrected chi connectivity index (χ0v) is 44.4. The van der Waals surface area contributed by atoms with Gasteiger partial charge in [-0.2, -0.15) is 0 Å². The minimum atomic E-state index is -0.796. The number of hydrogen-bond acceptors (Lipinski definition) is 6. The lowest BCUT2D eigenvalue weighted by Crippen LogP contribution is -2.30. The third-order valence-electron chi connectivity index (χ3n) is 12.5. The zero-order chi connectivity index (χ0) is 48.6. The maximum Gasteiger partial charge on any atom is 0.306 e. The van der Waals surface area contributed by atoms with Gasteiger partial charge in [-0.25, -0.2) is 0 Å². The summed E-state index contributed by atoms with van der Waals surface area (Å²) in [6, 6.07) is 0. The fourth-order valence-corrected chi connectivity index (χ4v) is 8.14. The maximum absolute atomic E-state index is 12.9. The van der Waals surface area contributed by atoms with Gasteiger partial charge >= 0.3 is 17.9 Å². The molecular formula is C61H108O6. The van der Waals surface area contributed by atoms with Crippen LogP contribution in [-0.2, 0) is 28.6 Å². The molecule has 0 heterocycles. The smallest absolute Gasteiger partial charge is 0.306 e. The predicted octanol–water partition coefficient (Wildman–Crippen LogP) is 19.2. The van der Waals surface area contributed by atoms with Gasteiger partial charge in [0.1, 0.15) is 13.2 Å². The van der Waals surface area contributed by atoms with E-state index in [9.17, 15) is 14.4 Å². The standard InChI is InChI=1S/C61H108O6/c1-4-7-10-13-16-19-22-25-28-30-33-36-39-42-45-48-51-54-60(63)66-57-58(56-65-59(62)53-50-47-44-41-38-35-32-27-24-21-18-15-12-9-6-3)67-61(64)55-52-49-46-43-40-37-34-31-29-26-23-20-17-14-11-8-5-2/h16,19,25-26,28-29,33,36,42,45,58H,4-15,17-18,20-24,27,30-32,34-35,37-41,43-44,46-57H2,1-3H3/b19-16-,28-25-,29-26-,36-33-,45-42-/t58-/m0/s1. The third kappa shape index (κ3) is 53.9. The Bertz CT molecular complexity index is 1210. The molecule has 0 aromatic carbocycles. The van der Waals surface area contributed by atoms with Crippen LogP contribution in [0, 0.1) is 0 Å². The molecule has 6 heteroatoms. The van der Waals surface area contributed by atoms with Crippen molar-refractivity contribution >= 4 is 17.9 Å². The van der Waals surface area contributed by atoms with Crippen LogP contribution < -0.4 is 0 Å². The van der Waals surface area contributed by atoms with E-state index in [-0.39, 0.29) is 37.5 Å². The van der Waals surface area contributed by atoms with Crippen LogP contribution in [0.2, 0.25) is 0 Å². The summed E-state index contributed by atoms with van der Waals surface area (Å²) in [5.41, 5.74) is 0. The molecule has 0 spiro atoms. The third-order valence-corrected chi connectivity index (χ3v) is 12.5. The lowest BCUT2D eigenvalue weighted by atomic mass is 10.0. The van der Waals surface area contributed by atoms with Gasteiger partial charge in [0.25, 0.3) is 0 Å². The second-order valence-corrected chi connectivity index (χ2v) is 19.2. The van der Waals surface area contributed by atoms with Crippen molar-refractivity contribution in [2.24, 2.45) is 0 Å². The number of allylic oxidation sites excluding steroid dienone is 10. The van der Waals surface area contributed by atoms with E-state index in [1.807, 2.05) is 0 Å². The summed E-state index contributed by atoms with van der Waals surface area (Å²) >= 11 is 0. The molecule has 0 aliphatic heterocycles. The Labute approximate surface area is 415 Å². The summed E-state index contributed by atoms with van der Waals surface area (Å²) in [6.45, 7) is 6.59. The molecule has 0 aliphatic rings. The van der Waals surface area contributed by atoms with Gasteiger partial charge in [-0.1, -0.05) is 248 Å². The van der Waals surface area contributed by atoms with Gasteiger partial charge in [0.05, 0.1) is 0 Å². The van der Waals surface area contributed by atoms with Crippen LogP contribution in [-0.4, -0.2) is 37.2 Å². The molecule has 0 rings (SSSR count). The molecule has 0 unspecified atom stereocenters. The van der Waals surface area contributed by atoms with Crippen molar-refractivity contribution in [1.82, 2.24) is 0 Å². The van der Waals surface area contributed by atoms with Crippen molar-refractivity contribution < 1.29 is 28.6 Å². The number of rotatable bonds is 52. The molecule has 0 amide bonds. The van der Waals surface area contributed by atoms with Crippen molar-refractivity contribution in [1.29, 1.82) is 0 Å². The van der Waals surface area contributed by atoms with Crippen molar-refractivity contribution in [3.8, 4) is 0 Å². The van der Waals surface area contributed by atoms with E-state index in [4.69, 9.17) is 14.2 Å². The summed E-state index contributed by atoms with van der Waals surface area (Å²) in [5, 5.41) is 0. The number of esters is 3. The van der Waals surface area contributed by atoms with Gasteiger partial charge in [0.15, 0.2) is 6.10 Å². The van der Waals surface area contributed by atoms with E-state index in [2.05, 4.69) is 81.5 Å². The first-order chi connectivity index (χ1) is 33.0. The first kappa shape index (κ1) is 64.1. The topological polar surface area (TPSA) is 78.9 Å². The first-order valence-electron chi connectivity index (χ1n) is 28.8. The summed E-state index contributed by atoms with van der Waals surface area (Å²) < 4.78 is 16.8. The Kier molecular flexibility index (Phi) is 53.3. The maximum atomic E-state index is 12.9. The van der Waals surface area contributed by atoms with Gasteiger partial charge < -0.3 is 14.2 Å². The predicted molar refractivity (Wildman–Crippen MR) is 288 cm³/mol. The Morgan fingerprint density at radius 3 is 0.940 bits per heavy atom. The van der Waals surface area contributed by atoms with E-state index in [0.29, 0.717) is 19.3 Å². The highest BCUT2D eigenvalue weighted by molar-refractivity contribution is 5.71. The summed E-state index contributed by atoms with van der Waals surface area (Å²) in [6.07, 6.45) is 69.2. The molecule has 1 atom stereocenters. The van der Waals surface area contributed by atoms with Crippen molar-refractivity contribution in [2.75, 3.05) is 13.2 Å². The largest absolute Gasteiger partial charge is 0.462 e. The fraction of sp³-hybridized carbons (Fsp3) is 0.787. The Balaban J connectivity index is 4.45. The highest BCUT2D eigenvalue weighted by Crippen LogP contribution is 2.16. The van der Waals surface area contributed by atoms with E-state index >= 15 is 0 Å². The SMILES string of the molecule is CCCCC/C=C\C/C=C\C/C=C\C/C=C\CCCC(=O)OC[C@H](COC(=O)CCCCCCCCCCCCCCCCC)OC(=O)CCCCCCCCC/C=C\CCCCCCCC. The molecule has 0 N–H and O–H groups in total. The molecule has 0 aromatic rings. The summed E-state index contributed by atoms with van der Waals surface area (Å²) in [4.78, 5) is 38.1. The molecule has 0 aliphatic carbocycles. The zero-order valence-electron chi connectivity index (χ0n) is 44.4. The van der Waals surface area contributed by atoms with Crippen molar-refractivity contribution in [3.63, 3.8) is 0 Å². The van der Waals surface area contributed by atoms with Crippen LogP contribution in [0.5, 0.6) is 0 Å². The summed E-state index contributed by atoms with van der Waals surface area (Å²) in [5.74, 6) is -0.941. The van der Waals surface area contributed by atoms with Crippen LogP contribution in [0.1, 0.15) is 290 Å². The minimum Gasteiger partial charge on any atom is -0.462 e. The van der Waals surface area contributed by atoms with Crippen LogP contribution in [0.4, 0.5) is 0 Å². The van der Waals surface area contributed by atoms with Gasteiger partial charge in [-0.15, -0.1) is 0 Å². The quantitative estimate of drug-likeness (QED) is 0.0262. The van der Waals surface area contributed by atoms with Gasteiger partial charge in [0, 0.05) is 19.3 Å². The second kappa shape index (κ2) is 55.7. The molecule has 0 bridgehead atoms. The molecule has 388 valence electrons. The monoisotopic (exact) mass is 937 g/mol. The number of carbonyl (C=O) groups excluding carboxylic acids is 3. The number of unbranched alkanes of at least 4 members (excludes halogenated alkanes) is 31. The number of hydrogen-bond donors (Lipinski definition) is 0. The average Bonchev–Trinajstić information content (AvgIpc) is 3.33. The fourth-order valence-electron chi connectivity index (χ4n) is 8.14. The second-order valence-electron chi connectivity index (χ2n) is 19.2. The lowest BCUT2D eigenvalue weighted by Gasteiger charge is -2.18. The van der Waals surface area contributed by atoms with Crippen molar-refractivity contribution in [3.05, 3.63) is 60.8 Å². The Morgan fingerprint density at radius 2 is 0.552 bits per heavy atom. The highest BCUT2D eigenvalue weighted by atomic mass is 16.6. The summed E-state index contributed by atoms with van der Waals surface area (Å²) in [7, 11) is 0. The lowest BCUT2D eigenvalue weighted by molar-refractivity contribution is -0.167. The van der Waals surface area contributed by atoms with E-state index in [0.717, 1.165) is 64.2 Å². The van der Waals surface area contributed by atoms with Crippen LogP contribution in [0.3, 0.4) is 0 Å². The normalized spacial score (nSPS) is 12.5. The van der Waals surface area contributed by atoms with E-state index in [1.165, 1.54) is 180 Å². The molecular weight excluding hydrogens is 829 g/mol. The minimum absolute atomic E-state index is 0.0902. The number of ether oxygens (including phenoxy) is 3. The van der Waals surface area contributed by atoms with Crippen molar-refractivity contribution in [2.45, 2.75) is 297 Å². The van der Waals surface area contributed by atoms with Crippen LogP contribution in [0.25, 0.3) is 0 Å². The average molecular weight is 938 g/mol. The molecule has 6 nitrogen and oxygen atoms in total. The molecule has 0 radical (unpaired) electrons. The molecule has 0 fully saturated rings. The number of carbonyl (C=O) groups is 3. The Morgan fingerprint density at radius 1 is 0.299 bits per heavy atom. The van der Waals surface area contributed by atoms with Gasteiger partial charge in [0.2, 0.25) is 0 Å². The Hall–Kier alpha value is -2.89.